The van der Waals surface area contributed by atoms with Crippen molar-refractivity contribution in [2.75, 3.05) is 7.11 Å². The number of ether oxygens (including phenoxy) is 2. The molecule has 0 radical (unpaired) electrons. The summed E-state index contributed by atoms with van der Waals surface area (Å²) in [6.07, 6.45) is -0.913. The number of fused-ring (bicyclic) bond motifs is 1. The minimum absolute atomic E-state index is 0.0716. The molecule has 2 rings (SSSR count). The van der Waals surface area contributed by atoms with Crippen molar-refractivity contribution in [3.05, 3.63) is 39.4 Å². The third-order valence-electron chi connectivity index (χ3n) is 3.61. The lowest BCUT2D eigenvalue weighted by Gasteiger charge is -2.34. The number of esters is 1. The number of benzene rings is 1. The monoisotopic (exact) mass is 322 g/mol. The first-order valence-electron chi connectivity index (χ1n) is 7.15. The second kappa shape index (κ2) is 6.64. The van der Waals surface area contributed by atoms with E-state index in [1.165, 1.54) is 18.1 Å². The van der Waals surface area contributed by atoms with Gasteiger partial charge in [-0.1, -0.05) is 12.1 Å². The van der Waals surface area contributed by atoms with Crippen LogP contribution in [0.15, 0.2) is 18.2 Å². The van der Waals surface area contributed by atoms with E-state index in [0.717, 1.165) is 0 Å². The van der Waals surface area contributed by atoms with Crippen molar-refractivity contribution in [3.8, 4) is 0 Å². The zero-order valence-corrected chi connectivity index (χ0v) is 13.1. The molecule has 0 saturated heterocycles. The summed E-state index contributed by atoms with van der Waals surface area (Å²) in [7, 11) is 1.23. The van der Waals surface area contributed by atoms with Crippen LogP contribution in [0.25, 0.3) is 0 Å². The molecule has 0 fully saturated rings. The van der Waals surface area contributed by atoms with Gasteiger partial charge in [0.15, 0.2) is 0 Å². The molecular weight excluding hydrogens is 304 g/mol. The van der Waals surface area contributed by atoms with Crippen molar-refractivity contribution in [1.82, 2.24) is 4.90 Å². The number of nitro groups is 1. The van der Waals surface area contributed by atoms with E-state index in [0.29, 0.717) is 11.1 Å². The zero-order chi connectivity index (χ0) is 17.1. The SMILES string of the molecule is COC(=O)C1Cc2cccc([N+](=O)[O-])c2CN1C(=O)OC(C)C. The molecule has 23 heavy (non-hydrogen) atoms. The average Bonchev–Trinajstić information content (AvgIpc) is 2.51. The fourth-order valence-electron chi connectivity index (χ4n) is 2.57. The van der Waals surface area contributed by atoms with Crippen molar-refractivity contribution in [2.45, 2.75) is 39.0 Å². The Morgan fingerprint density at radius 3 is 2.65 bits per heavy atom. The lowest BCUT2D eigenvalue weighted by atomic mass is 9.93. The highest BCUT2D eigenvalue weighted by molar-refractivity contribution is 5.82. The standard InChI is InChI=1S/C15H18N2O6/c1-9(2)23-15(19)16-8-11-10(7-13(16)14(18)22-3)5-4-6-12(11)17(20)21/h4-6,9,13H,7-8H2,1-3H3. The highest BCUT2D eigenvalue weighted by Crippen LogP contribution is 2.31. The van der Waals surface area contributed by atoms with Crippen LogP contribution in [0.5, 0.6) is 0 Å². The fraction of sp³-hybridized carbons (Fsp3) is 0.467. The van der Waals surface area contributed by atoms with E-state index in [-0.39, 0.29) is 24.8 Å². The molecule has 8 heteroatoms. The average molecular weight is 322 g/mol. The fourth-order valence-corrected chi connectivity index (χ4v) is 2.57. The lowest BCUT2D eigenvalue weighted by Crippen LogP contribution is -2.49. The van der Waals surface area contributed by atoms with Gasteiger partial charge in [-0.2, -0.15) is 0 Å². The van der Waals surface area contributed by atoms with Gasteiger partial charge in [0.1, 0.15) is 6.04 Å². The van der Waals surface area contributed by atoms with Crippen LogP contribution in [-0.2, 0) is 27.2 Å². The first-order valence-corrected chi connectivity index (χ1v) is 7.15. The topological polar surface area (TPSA) is 99.0 Å². The van der Waals surface area contributed by atoms with Crippen LogP contribution in [0.4, 0.5) is 10.5 Å². The summed E-state index contributed by atoms with van der Waals surface area (Å²) in [5.74, 6) is -0.581. The van der Waals surface area contributed by atoms with Gasteiger partial charge in [0, 0.05) is 12.5 Å². The van der Waals surface area contributed by atoms with Crippen molar-refractivity contribution in [3.63, 3.8) is 0 Å². The molecular formula is C15H18N2O6. The Kier molecular flexibility index (Phi) is 4.83. The summed E-state index contributed by atoms with van der Waals surface area (Å²) in [6, 6.07) is 3.79. The molecule has 1 atom stereocenters. The molecule has 1 aromatic carbocycles. The van der Waals surface area contributed by atoms with Gasteiger partial charge in [-0.3, -0.25) is 15.0 Å². The van der Waals surface area contributed by atoms with Crippen molar-refractivity contribution >= 4 is 17.7 Å². The molecule has 0 N–H and O–H groups in total. The summed E-state index contributed by atoms with van der Waals surface area (Å²) >= 11 is 0. The highest BCUT2D eigenvalue weighted by atomic mass is 16.6. The van der Waals surface area contributed by atoms with E-state index in [1.807, 2.05) is 0 Å². The highest BCUT2D eigenvalue weighted by Gasteiger charge is 2.39. The molecule has 1 aromatic rings. The first kappa shape index (κ1) is 16.7. The van der Waals surface area contributed by atoms with Gasteiger partial charge in [-0.15, -0.1) is 0 Å². The quantitative estimate of drug-likeness (QED) is 0.480. The number of hydrogen-bond donors (Lipinski definition) is 0. The van der Waals surface area contributed by atoms with Crippen LogP contribution < -0.4 is 0 Å². The van der Waals surface area contributed by atoms with Gasteiger partial charge in [-0.25, -0.2) is 9.59 Å². The van der Waals surface area contributed by atoms with Crippen molar-refractivity contribution in [1.29, 1.82) is 0 Å². The Hall–Kier alpha value is -2.64. The molecule has 1 unspecified atom stereocenters. The number of nitrogens with zero attached hydrogens (tertiary/aromatic N) is 2. The smallest absolute Gasteiger partial charge is 0.411 e. The Morgan fingerprint density at radius 1 is 1.39 bits per heavy atom. The summed E-state index contributed by atoms with van der Waals surface area (Å²) in [5, 5.41) is 11.2. The maximum atomic E-state index is 12.3. The van der Waals surface area contributed by atoms with Crippen molar-refractivity contribution < 1.29 is 24.0 Å². The molecule has 0 saturated carbocycles. The molecule has 0 aliphatic carbocycles. The largest absolute Gasteiger partial charge is 0.467 e. The maximum absolute atomic E-state index is 12.3. The molecule has 1 amide bonds. The Balaban J connectivity index is 2.42. The predicted molar refractivity (Wildman–Crippen MR) is 79.8 cm³/mol. The molecule has 0 bridgehead atoms. The van der Waals surface area contributed by atoms with Crippen LogP contribution in [0, 0.1) is 10.1 Å². The summed E-state index contributed by atoms with van der Waals surface area (Å²) < 4.78 is 9.88. The van der Waals surface area contributed by atoms with Gasteiger partial charge in [0.05, 0.1) is 30.2 Å². The predicted octanol–water partition coefficient (Wildman–Crippen LogP) is 2.04. The maximum Gasteiger partial charge on any atom is 0.411 e. The van der Waals surface area contributed by atoms with E-state index in [4.69, 9.17) is 9.47 Å². The van der Waals surface area contributed by atoms with Crippen LogP contribution in [0.3, 0.4) is 0 Å². The Labute approximate surface area is 133 Å². The first-order chi connectivity index (χ1) is 10.8. The van der Waals surface area contributed by atoms with E-state index >= 15 is 0 Å². The minimum Gasteiger partial charge on any atom is -0.467 e. The van der Waals surface area contributed by atoms with Gasteiger partial charge in [0.2, 0.25) is 0 Å². The molecule has 124 valence electrons. The third-order valence-corrected chi connectivity index (χ3v) is 3.61. The minimum atomic E-state index is -0.860. The van der Waals surface area contributed by atoms with Crippen LogP contribution in [-0.4, -0.2) is 41.1 Å². The van der Waals surface area contributed by atoms with Crippen molar-refractivity contribution in [2.24, 2.45) is 0 Å². The van der Waals surface area contributed by atoms with Crippen LogP contribution in [0.2, 0.25) is 0 Å². The molecule has 0 aromatic heterocycles. The van der Waals surface area contributed by atoms with E-state index in [2.05, 4.69) is 0 Å². The van der Waals surface area contributed by atoms with E-state index in [9.17, 15) is 19.7 Å². The van der Waals surface area contributed by atoms with Crippen LogP contribution >= 0.6 is 0 Å². The number of nitro benzene ring substituents is 1. The van der Waals surface area contributed by atoms with Gasteiger partial charge in [0.25, 0.3) is 5.69 Å². The van der Waals surface area contributed by atoms with Gasteiger partial charge in [-0.05, 0) is 19.4 Å². The van der Waals surface area contributed by atoms with Gasteiger partial charge >= 0.3 is 12.1 Å². The number of hydrogen-bond acceptors (Lipinski definition) is 6. The third kappa shape index (κ3) is 3.41. The van der Waals surface area contributed by atoms with Crippen LogP contribution in [0.1, 0.15) is 25.0 Å². The summed E-state index contributed by atoms with van der Waals surface area (Å²) in [4.78, 5) is 36.1. The molecule has 0 spiro atoms. The molecule has 1 aliphatic heterocycles. The lowest BCUT2D eigenvalue weighted by molar-refractivity contribution is -0.385. The van der Waals surface area contributed by atoms with E-state index in [1.54, 1.807) is 26.0 Å². The number of rotatable bonds is 3. The molecule has 1 heterocycles. The summed E-state index contributed by atoms with van der Waals surface area (Å²) in [5.41, 5.74) is 0.995. The molecule has 1 aliphatic rings. The number of amides is 1. The zero-order valence-electron chi connectivity index (χ0n) is 13.1. The normalized spacial score (nSPS) is 16.7. The molecule has 8 nitrogen and oxygen atoms in total. The summed E-state index contributed by atoms with van der Waals surface area (Å²) in [6.45, 7) is 3.30. The second-order valence-corrected chi connectivity index (χ2v) is 5.48. The number of methoxy groups -OCH3 is 1. The second-order valence-electron chi connectivity index (χ2n) is 5.48. The number of carbonyl (C=O) groups excluding carboxylic acids is 2. The van der Waals surface area contributed by atoms with E-state index < -0.39 is 23.0 Å². The Morgan fingerprint density at radius 2 is 2.09 bits per heavy atom. The Bertz CT molecular complexity index is 643. The number of carbonyl (C=O) groups is 2. The van der Waals surface area contributed by atoms with Gasteiger partial charge < -0.3 is 9.47 Å².